The largest absolute Gasteiger partial charge is 0.347 e. The van der Waals surface area contributed by atoms with Gasteiger partial charge in [0.1, 0.15) is 5.82 Å². The molecule has 20 heavy (non-hydrogen) atoms. The molecular formula is C15H21FN2O2. The zero-order valence-corrected chi connectivity index (χ0v) is 11.6. The molecule has 0 aromatic heterocycles. The van der Waals surface area contributed by atoms with Gasteiger partial charge < -0.3 is 15.2 Å². The molecule has 0 saturated carbocycles. The van der Waals surface area contributed by atoms with Crippen LogP contribution in [-0.4, -0.2) is 37.0 Å². The predicted octanol–water partition coefficient (Wildman–Crippen LogP) is 1.62. The summed E-state index contributed by atoms with van der Waals surface area (Å²) in [5.41, 5.74) is 7.69. The molecule has 0 unspecified atom stereocenters. The van der Waals surface area contributed by atoms with E-state index in [1.54, 1.807) is 0 Å². The summed E-state index contributed by atoms with van der Waals surface area (Å²) in [6.07, 6.45) is 1.79. The molecule has 2 saturated heterocycles. The van der Waals surface area contributed by atoms with Gasteiger partial charge in [0.05, 0.1) is 13.2 Å². The number of hydrogen-bond donors (Lipinski definition) is 1. The highest BCUT2D eigenvalue weighted by molar-refractivity contribution is 5.27. The van der Waals surface area contributed by atoms with E-state index in [-0.39, 0.29) is 11.6 Å². The summed E-state index contributed by atoms with van der Waals surface area (Å²) in [6.45, 7) is 4.45. The van der Waals surface area contributed by atoms with Gasteiger partial charge in [-0.1, -0.05) is 6.07 Å². The lowest BCUT2D eigenvalue weighted by Crippen LogP contribution is -2.44. The van der Waals surface area contributed by atoms with E-state index in [9.17, 15) is 4.39 Å². The average molecular weight is 280 g/mol. The molecule has 5 heteroatoms. The van der Waals surface area contributed by atoms with Gasteiger partial charge >= 0.3 is 0 Å². The van der Waals surface area contributed by atoms with Crippen molar-refractivity contribution in [3.63, 3.8) is 0 Å². The van der Waals surface area contributed by atoms with E-state index < -0.39 is 0 Å². The Labute approximate surface area is 118 Å². The van der Waals surface area contributed by atoms with Crippen molar-refractivity contribution in [2.75, 3.05) is 26.3 Å². The molecule has 2 N–H and O–H groups in total. The molecule has 2 aliphatic rings. The molecule has 2 fully saturated rings. The number of benzene rings is 1. The fraction of sp³-hybridized carbons (Fsp3) is 0.600. The monoisotopic (exact) mass is 280 g/mol. The Morgan fingerprint density at radius 2 is 1.85 bits per heavy atom. The van der Waals surface area contributed by atoms with E-state index in [4.69, 9.17) is 15.2 Å². The van der Waals surface area contributed by atoms with Crippen LogP contribution in [0, 0.1) is 5.82 Å². The van der Waals surface area contributed by atoms with Crippen molar-refractivity contribution < 1.29 is 13.9 Å². The average Bonchev–Trinajstić information content (AvgIpc) is 2.92. The number of likely N-dealkylation sites (tertiary alicyclic amines) is 1. The van der Waals surface area contributed by atoms with Gasteiger partial charge in [-0.15, -0.1) is 0 Å². The number of hydrogen-bond acceptors (Lipinski definition) is 4. The van der Waals surface area contributed by atoms with E-state index in [1.807, 2.05) is 6.07 Å². The van der Waals surface area contributed by atoms with Crippen molar-refractivity contribution in [1.29, 1.82) is 0 Å². The molecule has 2 aliphatic heterocycles. The first-order valence-electron chi connectivity index (χ1n) is 7.18. The third-order valence-electron chi connectivity index (χ3n) is 4.21. The van der Waals surface area contributed by atoms with E-state index >= 15 is 0 Å². The number of nitrogens with two attached hydrogens (primary N) is 1. The van der Waals surface area contributed by atoms with Crippen molar-refractivity contribution in [1.82, 2.24) is 4.90 Å². The van der Waals surface area contributed by atoms with Crippen LogP contribution in [0.15, 0.2) is 18.2 Å². The van der Waals surface area contributed by atoms with Crippen LogP contribution in [0.4, 0.5) is 4.39 Å². The molecule has 1 spiro atoms. The summed E-state index contributed by atoms with van der Waals surface area (Å²) >= 11 is 0. The van der Waals surface area contributed by atoms with Crippen molar-refractivity contribution in [2.24, 2.45) is 5.73 Å². The van der Waals surface area contributed by atoms with E-state index in [0.717, 1.165) is 43.6 Å². The van der Waals surface area contributed by atoms with Crippen LogP contribution >= 0.6 is 0 Å². The van der Waals surface area contributed by atoms with Gasteiger partial charge in [0.15, 0.2) is 5.79 Å². The second-order valence-electron chi connectivity index (χ2n) is 5.50. The Morgan fingerprint density at radius 1 is 1.15 bits per heavy atom. The van der Waals surface area contributed by atoms with Crippen molar-refractivity contribution in [2.45, 2.75) is 31.7 Å². The fourth-order valence-corrected chi connectivity index (χ4v) is 3.02. The molecule has 0 atom stereocenters. The molecule has 0 aliphatic carbocycles. The van der Waals surface area contributed by atoms with Crippen molar-refractivity contribution in [3.05, 3.63) is 35.1 Å². The molecule has 0 radical (unpaired) electrons. The zero-order valence-electron chi connectivity index (χ0n) is 11.6. The quantitative estimate of drug-likeness (QED) is 0.914. The van der Waals surface area contributed by atoms with Crippen LogP contribution in [-0.2, 0) is 22.6 Å². The Balaban J connectivity index is 1.62. The Kier molecular flexibility index (Phi) is 4.03. The van der Waals surface area contributed by atoms with Crippen LogP contribution < -0.4 is 5.73 Å². The van der Waals surface area contributed by atoms with E-state index in [0.29, 0.717) is 19.8 Å². The van der Waals surface area contributed by atoms with Gasteiger partial charge in [-0.05, 0) is 23.3 Å². The van der Waals surface area contributed by atoms with Crippen molar-refractivity contribution >= 4 is 0 Å². The SMILES string of the molecule is NCc1cc(F)ccc1CN1CCC2(CC1)OCCO2. The smallest absolute Gasteiger partial charge is 0.170 e. The molecule has 4 nitrogen and oxygen atoms in total. The minimum atomic E-state index is -0.337. The molecule has 1 aromatic carbocycles. The molecular weight excluding hydrogens is 259 g/mol. The molecule has 2 heterocycles. The summed E-state index contributed by atoms with van der Waals surface area (Å²) in [7, 11) is 0. The minimum Gasteiger partial charge on any atom is -0.347 e. The van der Waals surface area contributed by atoms with Crippen LogP contribution in [0.1, 0.15) is 24.0 Å². The Morgan fingerprint density at radius 3 is 2.50 bits per heavy atom. The van der Waals surface area contributed by atoms with Gasteiger partial charge in [0.25, 0.3) is 0 Å². The molecule has 1 aromatic rings. The first kappa shape index (κ1) is 13.9. The van der Waals surface area contributed by atoms with Gasteiger partial charge in [-0.3, -0.25) is 4.90 Å². The van der Waals surface area contributed by atoms with Crippen LogP contribution in [0.3, 0.4) is 0 Å². The maximum absolute atomic E-state index is 13.2. The van der Waals surface area contributed by atoms with Crippen LogP contribution in [0.5, 0.6) is 0 Å². The zero-order chi connectivity index (χ0) is 14.0. The van der Waals surface area contributed by atoms with Gasteiger partial charge in [0, 0.05) is 39.0 Å². The lowest BCUT2D eigenvalue weighted by Gasteiger charge is -2.37. The fourth-order valence-electron chi connectivity index (χ4n) is 3.02. The lowest BCUT2D eigenvalue weighted by molar-refractivity contribution is -0.185. The summed E-state index contributed by atoms with van der Waals surface area (Å²) in [6, 6.07) is 4.87. The predicted molar refractivity (Wildman–Crippen MR) is 73.4 cm³/mol. The van der Waals surface area contributed by atoms with Crippen LogP contribution in [0.2, 0.25) is 0 Å². The first-order chi connectivity index (χ1) is 9.71. The standard InChI is InChI=1S/C15H21FN2O2/c16-14-2-1-12(13(9-14)10-17)11-18-5-3-15(4-6-18)19-7-8-20-15/h1-2,9H,3-8,10-11,17H2. The number of ether oxygens (including phenoxy) is 2. The van der Waals surface area contributed by atoms with Crippen molar-refractivity contribution in [3.8, 4) is 0 Å². The third kappa shape index (κ3) is 2.86. The maximum Gasteiger partial charge on any atom is 0.170 e. The Hall–Kier alpha value is -1.01. The van der Waals surface area contributed by atoms with Gasteiger partial charge in [0.2, 0.25) is 0 Å². The summed E-state index contributed by atoms with van der Waals surface area (Å²) in [4.78, 5) is 2.35. The minimum absolute atomic E-state index is 0.223. The highest BCUT2D eigenvalue weighted by atomic mass is 19.1. The van der Waals surface area contributed by atoms with Gasteiger partial charge in [-0.2, -0.15) is 0 Å². The highest BCUT2D eigenvalue weighted by Gasteiger charge is 2.39. The second-order valence-corrected chi connectivity index (χ2v) is 5.50. The first-order valence-corrected chi connectivity index (χ1v) is 7.18. The number of piperidine rings is 1. The third-order valence-corrected chi connectivity index (χ3v) is 4.21. The second kappa shape index (κ2) is 5.77. The topological polar surface area (TPSA) is 47.7 Å². The van der Waals surface area contributed by atoms with Crippen LogP contribution in [0.25, 0.3) is 0 Å². The summed E-state index contributed by atoms with van der Waals surface area (Å²) in [5, 5.41) is 0. The Bertz CT molecular complexity index is 465. The van der Waals surface area contributed by atoms with E-state index in [1.165, 1.54) is 12.1 Å². The highest BCUT2D eigenvalue weighted by Crippen LogP contribution is 2.31. The van der Waals surface area contributed by atoms with E-state index in [2.05, 4.69) is 4.90 Å². The lowest BCUT2D eigenvalue weighted by atomic mass is 10.0. The number of halogens is 1. The maximum atomic E-state index is 13.2. The molecule has 110 valence electrons. The summed E-state index contributed by atoms with van der Waals surface area (Å²) in [5.74, 6) is -0.560. The normalized spacial score (nSPS) is 22.5. The number of rotatable bonds is 3. The number of nitrogens with zero attached hydrogens (tertiary/aromatic N) is 1. The summed E-state index contributed by atoms with van der Waals surface area (Å²) < 4.78 is 24.7. The van der Waals surface area contributed by atoms with Gasteiger partial charge in [-0.25, -0.2) is 4.39 Å². The molecule has 0 amide bonds. The molecule has 3 rings (SSSR count). The molecule has 0 bridgehead atoms.